The van der Waals surface area contributed by atoms with Gasteiger partial charge in [-0.2, -0.15) is 0 Å². The van der Waals surface area contributed by atoms with Crippen LogP contribution in [0.2, 0.25) is 0 Å². The van der Waals surface area contributed by atoms with Crippen LogP contribution < -0.4 is 5.32 Å². The lowest BCUT2D eigenvalue weighted by Gasteiger charge is -2.40. The van der Waals surface area contributed by atoms with Gasteiger partial charge in [0.1, 0.15) is 0 Å². The first-order valence-corrected chi connectivity index (χ1v) is 7.13. The summed E-state index contributed by atoms with van der Waals surface area (Å²) in [5, 5.41) is 3.28. The maximum absolute atomic E-state index is 4.25. The number of hydrogen-bond donors (Lipinski definition) is 1. The van der Waals surface area contributed by atoms with Gasteiger partial charge in [-0.25, -0.2) is 0 Å². The Morgan fingerprint density at radius 1 is 1.50 bits per heavy atom. The van der Waals surface area contributed by atoms with Crippen LogP contribution in [0.15, 0.2) is 24.5 Å². The van der Waals surface area contributed by atoms with Gasteiger partial charge in [0.25, 0.3) is 0 Å². The van der Waals surface area contributed by atoms with E-state index in [1.54, 1.807) is 0 Å². The Hall–Kier alpha value is -0.930. The molecule has 2 unspecified atom stereocenters. The lowest BCUT2D eigenvalue weighted by atomic mass is 9.95. The average molecular weight is 247 g/mol. The Bertz CT molecular complexity index is 339. The predicted octanol–water partition coefficient (Wildman–Crippen LogP) is 2.61. The van der Waals surface area contributed by atoms with Crippen LogP contribution in [0.4, 0.5) is 0 Å². The van der Waals surface area contributed by atoms with Crippen molar-refractivity contribution in [3.63, 3.8) is 0 Å². The predicted molar refractivity (Wildman–Crippen MR) is 75.5 cm³/mol. The summed E-state index contributed by atoms with van der Waals surface area (Å²) in [7, 11) is 2.04. The normalized spacial score (nSPS) is 22.9. The molecular weight excluding hydrogens is 222 g/mol. The van der Waals surface area contributed by atoms with Crippen molar-refractivity contribution >= 4 is 0 Å². The molecule has 100 valence electrons. The van der Waals surface area contributed by atoms with Crippen molar-refractivity contribution in [2.24, 2.45) is 0 Å². The highest BCUT2D eigenvalue weighted by atomic mass is 15.2. The molecule has 1 fully saturated rings. The van der Waals surface area contributed by atoms with Crippen LogP contribution in [0.25, 0.3) is 0 Å². The van der Waals surface area contributed by atoms with Crippen LogP contribution in [-0.4, -0.2) is 36.1 Å². The first-order valence-electron chi connectivity index (χ1n) is 7.13. The molecule has 1 aliphatic rings. The highest BCUT2D eigenvalue weighted by molar-refractivity contribution is 5.13. The molecule has 18 heavy (non-hydrogen) atoms. The van der Waals surface area contributed by atoms with Crippen LogP contribution >= 0.6 is 0 Å². The van der Waals surface area contributed by atoms with Gasteiger partial charge in [0.2, 0.25) is 0 Å². The topological polar surface area (TPSA) is 28.2 Å². The standard InChI is InChI=1S/C15H25N3/c1-13(14-6-5-9-17-12-14)18-11-4-3-7-15(18)8-10-16-2/h5-6,9,12-13,15-16H,3-4,7-8,10-11H2,1-2H3. The number of pyridine rings is 1. The van der Waals surface area contributed by atoms with E-state index < -0.39 is 0 Å². The molecule has 0 aliphatic carbocycles. The lowest BCUT2D eigenvalue weighted by Crippen LogP contribution is -2.42. The fourth-order valence-electron chi connectivity index (χ4n) is 2.97. The number of aromatic nitrogens is 1. The Labute approximate surface area is 111 Å². The fraction of sp³-hybridized carbons (Fsp3) is 0.667. The molecule has 1 saturated heterocycles. The van der Waals surface area contributed by atoms with Crippen molar-refractivity contribution in [3.8, 4) is 0 Å². The minimum Gasteiger partial charge on any atom is -0.320 e. The van der Waals surface area contributed by atoms with Gasteiger partial charge >= 0.3 is 0 Å². The van der Waals surface area contributed by atoms with Crippen molar-refractivity contribution in [1.29, 1.82) is 0 Å². The van der Waals surface area contributed by atoms with Gasteiger partial charge in [-0.15, -0.1) is 0 Å². The molecule has 0 bridgehead atoms. The van der Waals surface area contributed by atoms with Gasteiger partial charge < -0.3 is 5.32 Å². The van der Waals surface area contributed by atoms with Gasteiger partial charge in [0, 0.05) is 24.5 Å². The van der Waals surface area contributed by atoms with Crippen molar-refractivity contribution in [2.75, 3.05) is 20.1 Å². The Morgan fingerprint density at radius 2 is 2.39 bits per heavy atom. The number of rotatable bonds is 5. The molecule has 0 aromatic carbocycles. The fourth-order valence-corrected chi connectivity index (χ4v) is 2.97. The van der Waals surface area contributed by atoms with E-state index in [1.807, 2.05) is 25.5 Å². The van der Waals surface area contributed by atoms with Crippen molar-refractivity contribution < 1.29 is 0 Å². The van der Waals surface area contributed by atoms with Gasteiger partial charge in [-0.1, -0.05) is 12.5 Å². The average Bonchev–Trinajstić information content (AvgIpc) is 2.45. The smallest absolute Gasteiger partial charge is 0.0338 e. The third-order valence-electron chi connectivity index (χ3n) is 4.06. The molecule has 3 heteroatoms. The second kappa shape index (κ2) is 6.86. The molecule has 0 saturated carbocycles. The van der Waals surface area contributed by atoms with Crippen molar-refractivity contribution in [3.05, 3.63) is 30.1 Å². The van der Waals surface area contributed by atoms with Crippen LogP contribution in [0.3, 0.4) is 0 Å². The first-order chi connectivity index (χ1) is 8.83. The van der Waals surface area contributed by atoms with Crippen LogP contribution in [0.1, 0.15) is 44.2 Å². The zero-order valence-corrected chi connectivity index (χ0v) is 11.6. The molecule has 0 spiro atoms. The molecule has 2 atom stereocenters. The quantitative estimate of drug-likeness (QED) is 0.867. The molecule has 3 nitrogen and oxygen atoms in total. The summed E-state index contributed by atoms with van der Waals surface area (Å²) in [6.07, 6.45) is 9.16. The number of nitrogens with zero attached hydrogens (tertiary/aromatic N) is 2. The molecule has 1 aromatic heterocycles. The molecule has 2 rings (SSSR count). The Kier molecular flexibility index (Phi) is 5.14. The first kappa shape index (κ1) is 13.5. The van der Waals surface area contributed by atoms with E-state index in [9.17, 15) is 0 Å². The third-order valence-corrected chi connectivity index (χ3v) is 4.06. The maximum Gasteiger partial charge on any atom is 0.0338 e. The molecule has 1 aliphatic heterocycles. The summed E-state index contributed by atoms with van der Waals surface area (Å²) in [6, 6.07) is 5.45. The highest BCUT2D eigenvalue weighted by Crippen LogP contribution is 2.29. The summed E-state index contributed by atoms with van der Waals surface area (Å²) >= 11 is 0. The van der Waals surface area contributed by atoms with Gasteiger partial charge in [0.05, 0.1) is 0 Å². The number of hydrogen-bond acceptors (Lipinski definition) is 3. The Balaban J connectivity index is 2.03. The van der Waals surface area contributed by atoms with Gasteiger partial charge in [0.15, 0.2) is 0 Å². The summed E-state index contributed by atoms with van der Waals surface area (Å²) in [5.74, 6) is 0. The van der Waals surface area contributed by atoms with E-state index in [-0.39, 0.29) is 0 Å². The monoisotopic (exact) mass is 247 g/mol. The van der Waals surface area contributed by atoms with Crippen LogP contribution in [0, 0.1) is 0 Å². The van der Waals surface area contributed by atoms with E-state index in [0.717, 1.165) is 12.6 Å². The zero-order chi connectivity index (χ0) is 12.8. The summed E-state index contributed by atoms with van der Waals surface area (Å²) in [4.78, 5) is 6.91. The minimum absolute atomic E-state index is 0.487. The largest absolute Gasteiger partial charge is 0.320 e. The van der Waals surface area contributed by atoms with E-state index >= 15 is 0 Å². The van der Waals surface area contributed by atoms with Gasteiger partial charge in [-0.3, -0.25) is 9.88 Å². The van der Waals surface area contributed by atoms with Crippen molar-refractivity contribution in [1.82, 2.24) is 15.2 Å². The molecule has 1 N–H and O–H groups in total. The molecule has 2 heterocycles. The minimum atomic E-state index is 0.487. The number of nitrogens with one attached hydrogen (secondary N) is 1. The molecule has 0 radical (unpaired) electrons. The van der Waals surface area contributed by atoms with E-state index in [4.69, 9.17) is 0 Å². The van der Waals surface area contributed by atoms with Crippen LogP contribution in [-0.2, 0) is 0 Å². The second-order valence-electron chi connectivity index (χ2n) is 5.24. The number of piperidine rings is 1. The summed E-state index contributed by atoms with van der Waals surface area (Å²) in [5.41, 5.74) is 1.34. The molecular formula is C15H25N3. The molecule has 1 aromatic rings. The molecule has 0 amide bonds. The van der Waals surface area contributed by atoms with E-state index in [0.29, 0.717) is 6.04 Å². The summed E-state index contributed by atoms with van der Waals surface area (Å²) in [6.45, 7) is 4.65. The van der Waals surface area contributed by atoms with Crippen molar-refractivity contribution in [2.45, 2.75) is 44.7 Å². The SMILES string of the molecule is CNCCC1CCCCN1C(C)c1cccnc1. The lowest BCUT2D eigenvalue weighted by molar-refractivity contribution is 0.0970. The maximum atomic E-state index is 4.25. The second-order valence-corrected chi connectivity index (χ2v) is 5.24. The zero-order valence-electron chi connectivity index (χ0n) is 11.6. The van der Waals surface area contributed by atoms with Crippen LogP contribution in [0.5, 0.6) is 0 Å². The number of likely N-dealkylation sites (tertiary alicyclic amines) is 1. The Morgan fingerprint density at radius 3 is 3.11 bits per heavy atom. The highest BCUT2D eigenvalue weighted by Gasteiger charge is 2.26. The van der Waals surface area contributed by atoms with Gasteiger partial charge in [-0.05, 0) is 58.0 Å². The third kappa shape index (κ3) is 3.30. The summed E-state index contributed by atoms with van der Waals surface area (Å²) < 4.78 is 0. The van der Waals surface area contributed by atoms with E-state index in [1.165, 1.54) is 37.8 Å². The van der Waals surface area contributed by atoms with E-state index in [2.05, 4.69) is 28.2 Å².